The summed E-state index contributed by atoms with van der Waals surface area (Å²) in [5.41, 5.74) is 6.55. The van der Waals surface area contributed by atoms with Gasteiger partial charge in [-0.3, -0.25) is 20.4 Å². The molecule has 5 N–H and O–H groups in total. The summed E-state index contributed by atoms with van der Waals surface area (Å²) in [6.07, 6.45) is 0. The van der Waals surface area contributed by atoms with Crippen LogP contribution in [0.15, 0.2) is 40.0 Å². The summed E-state index contributed by atoms with van der Waals surface area (Å²) in [7, 11) is 0. The number of benzene rings is 1. The second-order valence-corrected chi connectivity index (χ2v) is 4.17. The molecule has 1 aromatic heterocycles. The van der Waals surface area contributed by atoms with Gasteiger partial charge in [0.25, 0.3) is 5.56 Å². The van der Waals surface area contributed by atoms with Crippen LogP contribution in [-0.4, -0.2) is 15.4 Å². The summed E-state index contributed by atoms with van der Waals surface area (Å²) in [6.45, 7) is 0. The van der Waals surface area contributed by atoms with E-state index in [9.17, 15) is 4.79 Å². The van der Waals surface area contributed by atoms with Gasteiger partial charge in [-0.05, 0) is 11.8 Å². The Morgan fingerprint density at radius 2 is 1.94 bits per heavy atom. The molecule has 0 radical (unpaired) electrons. The number of aromatic nitrogens is 2. The first-order valence-electron chi connectivity index (χ1n) is 4.56. The maximum atomic E-state index is 11.5. The molecule has 0 bridgehead atoms. The van der Waals surface area contributed by atoms with E-state index in [0.717, 1.165) is 17.3 Å². The van der Waals surface area contributed by atoms with Crippen molar-refractivity contribution >= 4 is 16.9 Å². The number of thioether (sulfide) groups is 1. The average Bonchev–Trinajstić information content (AvgIpc) is 2.61. The van der Waals surface area contributed by atoms with Gasteiger partial charge in [-0.1, -0.05) is 30.3 Å². The maximum Gasteiger partial charge on any atom is 0.278 e. The predicted octanol–water partition coefficient (Wildman–Crippen LogP) is 1.36. The van der Waals surface area contributed by atoms with Gasteiger partial charge in [-0.2, -0.15) is 0 Å². The van der Waals surface area contributed by atoms with Crippen LogP contribution in [0.5, 0.6) is 0 Å². The molecule has 16 heavy (non-hydrogen) atoms. The quantitative estimate of drug-likeness (QED) is 0.358. The van der Waals surface area contributed by atoms with Gasteiger partial charge in [0.15, 0.2) is 5.17 Å². The summed E-state index contributed by atoms with van der Waals surface area (Å²) < 4.78 is 0. The molecule has 0 saturated carbocycles. The molecule has 0 spiro atoms. The van der Waals surface area contributed by atoms with Gasteiger partial charge in [-0.15, -0.1) is 0 Å². The first-order valence-corrected chi connectivity index (χ1v) is 5.38. The minimum atomic E-state index is -0.265. The molecular formula is C10H10N4OS. The lowest BCUT2D eigenvalue weighted by Crippen LogP contribution is -2.08. The van der Waals surface area contributed by atoms with Crippen molar-refractivity contribution in [1.29, 1.82) is 5.41 Å². The fraction of sp³-hybridized carbons (Fsp3) is 0. The Kier molecular flexibility index (Phi) is 2.82. The summed E-state index contributed by atoms with van der Waals surface area (Å²) in [5, 5.41) is 12.4. The number of hydrogen-bond donors (Lipinski definition) is 4. The van der Waals surface area contributed by atoms with Crippen LogP contribution in [0.1, 0.15) is 0 Å². The SMILES string of the molecule is N=C(N)Sc1c(-c2ccccc2)[nH][nH]c1=O. The average molecular weight is 234 g/mol. The molecule has 2 rings (SSSR count). The van der Waals surface area contributed by atoms with Crippen LogP contribution in [0, 0.1) is 5.41 Å². The van der Waals surface area contributed by atoms with E-state index in [1.165, 1.54) is 0 Å². The van der Waals surface area contributed by atoms with Crippen molar-refractivity contribution in [2.24, 2.45) is 5.73 Å². The van der Waals surface area contributed by atoms with Crippen LogP contribution in [0.3, 0.4) is 0 Å². The van der Waals surface area contributed by atoms with Crippen molar-refractivity contribution < 1.29 is 0 Å². The van der Waals surface area contributed by atoms with E-state index in [0.29, 0.717) is 10.6 Å². The van der Waals surface area contributed by atoms with E-state index in [1.54, 1.807) is 0 Å². The number of nitrogens with one attached hydrogen (secondary N) is 3. The zero-order valence-corrected chi connectivity index (χ0v) is 9.10. The number of nitrogens with two attached hydrogens (primary N) is 1. The molecule has 0 aliphatic rings. The van der Waals surface area contributed by atoms with Crippen molar-refractivity contribution in [3.05, 3.63) is 40.7 Å². The second-order valence-electron chi connectivity index (χ2n) is 3.12. The fourth-order valence-electron chi connectivity index (χ4n) is 1.36. The molecule has 0 amide bonds. The largest absolute Gasteiger partial charge is 0.378 e. The van der Waals surface area contributed by atoms with E-state index >= 15 is 0 Å². The number of rotatable bonds is 2. The lowest BCUT2D eigenvalue weighted by Gasteiger charge is -2.00. The summed E-state index contributed by atoms with van der Waals surface area (Å²) in [4.78, 5) is 11.9. The molecule has 0 atom stereocenters. The Hall–Kier alpha value is -1.95. The standard InChI is InChI=1S/C10H10N4OS/c11-10(12)16-8-7(13-14-9(8)15)6-4-2-1-3-5-6/h1-5H,(H3,11,12)(H2,13,14,15). The summed E-state index contributed by atoms with van der Waals surface area (Å²) >= 11 is 0.939. The molecule has 2 aromatic rings. The van der Waals surface area contributed by atoms with Gasteiger partial charge < -0.3 is 5.73 Å². The predicted molar refractivity (Wildman–Crippen MR) is 64.6 cm³/mol. The van der Waals surface area contributed by atoms with Crippen molar-refractivity contribution in [1.82, 2.24) is 10.2 Å². The Balaban J connectivity index is 2.50. The Labute approximate surface area is 95.6 Å². The molecule has 5 nitrogen and oxygen atoms in total. The van der Waals surface area contributed by atoms with E-state index in [1.807, 2.05) is 30.3 Å². The van der Waals surface area contributed by atoms with Gasteiger partial charge in [0.1, 0.15) is 4.90 Å². The zero-order valence-electron chi connectivity index (χ0n) is 8.28. The molecule has 82 valence electrons. The molecule has 1 heterocycles. The van der Waals surface area contributed by atoms with Gasteiger partial charge in [-0.25, -0.2) is 0 Å². The van der Waals surface area contributed by atoms with Crippen molar-refractivity contribution in [3.63, 3.8) is 0 Å². The highest BCUT2D eigenvalue weighted by atomic mass is 32.2. The number of hydrogen-bond acceptors (Lipinski definition) is 3. The third-order valence-electron chi connectivity index (χ3n) is 2.01. The number of H-pyrrole nitrogens is 2. The van der Waals surface area contributed by atoms with Gasteiger partial charge in [0.2, 0.25) is 0 Å². The third-order valence-corrected chi connectivity index (χ3v) is 2.82. The highest BCUT2D eigenvalue weighted by Gasteiger charge is 2.13. The maximum absolute atomic E-state index is 11.5. The van der Waals surface area contributed by atoms with Crippen LogP contribution >= 0.6 is 11.8 Å². The molecule has 0 aliphatic heterocycles. The highest BCUT2D eigenvalue weighted by Crippen LogP contribution is 2.25. The number of aromatic amines is 2. The van der Waals surface area contributed by atoms with Gasteiger partial charge >= 0.3 is 0 Å². The minimum absolute atomic E-state index is 0.109. The Morgan fingerprint density at radius 3 is 2.56 bits per heavy atom. The summed E-state index contributed by atoms with van der Waals surface area (Å²) in [5.74, 6) is 0. The van der Waals surface area contributed by atoms with Crippen LogP contribution in [0.2, 0.25) is 0 Å². The van der Waals surface area contributed by atoms with E-state index in [4.69, 9.17) is 11.1 Å². The van der Waals surface area contributed by atoms with Gasteiger partial charge in [0.05, 0.1) is 5.69 Å². The van der Waals surface area contributed by atoms with Crippen LogP contribution < -0.4 is 11.3 Å². The van der Waals surface area contributed by atoms with Gasteiger partial charge in [0, 0.05) is 5.56 Å². The Morgan fingerprint density at radius 1 is 1.25 bits per heavy atom. The molecule has 0 aliphatic carbocycles. The topological polar surface area (TPSA) is 98.5 Å². The summed E-state index contributed by atoms with van der Waals surface area (Å²) in [6, 6.07) is 9.41. The first-order chi connectivity index (χ1) is 7.68. The molecule has 0 fully saturated rings. The second kappa shape index (κ2) is 4.28. The molecule has 1 aromatic carbocycles. The monoisotopic (exact) mass is 234 g/mol. The zero-order chi connectivity index (χ0) is 11.5. The van der Waals surface area contributed by atoms with E-state index < -0.39 is 0 Å². The van der Waals surface area contributed by atoms with E-state index in [-0.39, 0.29) is 10.7 Å². The van der Waals surface area contributed by atoms with Crippen molar-refractivity contribution in [2.75, 3.05) is 0 Å². The van der Waals surface area contributed by atoms with Crippen molar-refractivity contribution in [2.45, 2.75) is 4.90 Å². The van der Waals surface area contributed by atoms with Crippen LogP contribution in [-0.2, 0) is 0 Å². The van der Waals surface area contributed by atoms with E-state index in [2.05, 4.69) is 10.2 Å². The van der Waals surface area contributed by atoms with Crippen LogP contribution in [0.25, 0.3) is 11.3 Å². The fourth-order valence-corrected chi connectivity index (χ4v) is 2.00. The molecular weight excluding hydrogens is 224 g/mol. The number of amidine groups is 1. The smallest absolute Gasteiger partial charge is 0.278 e. The lowest BCUT2D eigenvalue weighted by atomic mass is 10.2. The molecule has 0 saturated heterocycles. The lowest BCUT2D eigenvalue weighted by molar-refractivity contribution is 1.06. The molecule has 6 heteroatoms. The third kappa shape index (κ3) is 2.01. The van der Waals surface area contributed by atoms with Crippen LogP contribution in [0.4, 0.5) is 0 Å². The van der Waals surface area contributed by atoms with Crippen molar-refractivity contribution in [3.8, 4) is 11.3 Å². The first kappa shape index (κ1) is 10.6. The molecule has 0 unspecified atom stereocenters. The Bertz CT molecular complexity index is 558. The highest BCUT2D eigenvalue weighted by molar-refractivity contribution is 8.13. The minimum Gasteiger partial charge on any atom is -0.378 e. The normalized spacial score (nSPS) is 10.2.